The lowest BCUT2D eigenvalue weighted by Crippen LogP contribution is -2.49. The Hall–Kier alpha value is -3.02. The van der Waals surface area contributed by atoms with Crippen molar-refractivity contribution in [3.05, 3.63) is 53.2 Å². The van der Waals surface area contributed by atoms with Gasteiger partial charge >= 0.3 is 5.92 Å². The number of hydrogen-bond donors (Lipinski definition) is 3. The van der Waals surface area contributed by atoms with Crippen molar-refractivity contribution in [2.24, 2.45) is 0 Å². The van der Waals surface area contributed by atoms with E-state index < -0.39 is 35.2 Å². The van der Waals surface area contributed by atoms with Crippen LogP contribution in [0.25, 0.3) is 10.9 Å². The van der Waals surface area contributed by atoms with Gasteiger partial charge in [-0.3, -0.25) is 4.90 Å². The molecule has 37 heavy (non-hydrogen) atoms. The first-order valence-corrected chi connectivity index (χ1v) is 12.3. The molecule has 0 amide bonds. The van der Waals surface area contributed by atoms with Gasteiger partial charge in [0.15, 0.2) is 0 Å². The van der Waals surface area contributed by atoms with E-state index in [-0.39, 0.29) is 5.56 Å². The van der Waals surface area contributed by atoms with Crippen LogP contribution >= 0.6 is 0 Å². The highest BCUT2D eigenvalue weighted by Gasteiger charge is 2.49. The van der Waals surface area contributed by atoms with Crippen molar-refractivity contribution in [3.8, 4) is 0 Å². The Morgan fingerprint density at radius 1 is 1.08 bits per heavy atom. The molecule has 0 bridgehead atoms. The van der Waals surface area contributed by atoms with Gasteiger partial charge in [0, 0.05) is 37.1 Å². The molecular weight excluding hydrogens is 485 g/mol. The summed E-state index contributed by atoms with van der Waals surface area (Å²) in [4.78, 5) is 17.6. The van der Waals surface area contributed by atoms with E-state index >= 15 is 4.39 Å². The molecule has 3 heterocycles. The molecule has 1 aliphatic heterocycles. The van der Waals surface area contributed by atoms with Gasteiger partial charge in [-0.1, -0.05) is 12.1 Å². The van der Waals surface area contributed by atoms with Crippen molar-refractivity contribution in [3.63, 3.8) is 0 Å². The summed E-state index contributed by atoms with van der Waals surface area (Å²) < 4.78 is 44.9. The molecule has 11 heteroatoms. The van der Waals surface area contributed by atoms with Gasteiger partial charge < -0.3 is 20.4 Å². The first kappa shape index (κ1) is 27.0. The molecule has 1 aliphatic rings. The second-order valence-corrected chi connectivity index (χ2v) is 10.0. The maximum atomic E-state index is 15.3. The minimum atomic E-state index is -3.79. The smallest absolute Gasteiger partial charge is 0.303 e. The zero-order valence-corrected chi connectivity index (χ0v) is 21.6. The van der Waals surface area contributed by atoms with Gasteiger partial charge in [-0.25, -0.2) is 19.3 Å². The first-order chi connectivity index (χ1) is 17.3. The number of piperazine rings is 1. The van der Waals surface area contributed by atoms with Crippen molar-refractivity contribution < 1.29 is 23.4 Å². The molecule has 0 radical (unpaired) electrons. The molecule has 2 aromatic heterocycles. The summed E-state index contributed by atoms with van der Waals surface area (Å²) >= 11 is 0. The average Bonchev–Trinajstić information content (AvgIpc) is 2.83. The maximum absolute atomic E-state index is 15.3. The molecular formula is C26H33F3N6O2. The fourth-order valence-corrected chi connectivity index (χ4v) is 4.48. The van der Waals surface area contributed by atoms with E-state index in [2.05, 4.69) is 25.2 Å². The molecule has 0 aliphatic carbocycles. The molecule has 8 nitrogen and oxygen atoms in total. The van der Waals surface area contributed by atoms with E-state index in [4.69, 9.17) is 0 Å². The SMILES string of the molecule is Cc1nc(N[C@H](C)c2cccc(C(F)(F)C(C)(C)O)c2F)c2cc(N3CCN(C(C)O)CC3)ncc2n1. The third kappa shape index (κ3) is 5.34. The lowest BCUT2D eigenvalue weighted by molar-refractivity contribution is -0.170. The lowest BCUT2D eigenvalue weighted by atomic mass is 9.91. The minimum absolute atomic E-state index is 0.0226. The highest BCUT2D eigenvalue weighted by Crippen LogP contribution is 2.41. The number of pyridine rings is 1. The van der Waals surface area contributed by atoms with Crippen molar-refractivity contribution in [2.75, 3.05) is 36.4 Å². The fraction of sp³-hybridized carbons (Fsp3) is 0.500. The molecule has 2 atom stereocenters. The largest absolute Gasteiger partial charge is 0.384 e. The van der Waals surface area contributed by atoms with Crippen LogP contribution in [0.1, 0.15) is 50.7 Å². The number of rotatable bonds is 7. The molecule has 1 aromatic carbocycles. The Balaban J connectivity index is 1.65. The van der Waals surface area contributed by atoms with Crippen LogP contribution in [0, 0.1) is 12.7 Å². The molecule has 0 saturated carbocycles. The summed E-state index contributed by atoms with van der Waals surface area (Å²) in [5, 5.41) is 23.6. The number of anilines is 2. The summed E-state index contributed by atoms with van der Waals surface area (Å²) in [6, 6.07) is 4.91. The van der Waals surface area contributed by atoms with E-state index in [1.807, 2.05) is 11.0 Å². The Labute approximate surface area is 214 Å². The van der Waals surface area contributed by atoms with Gasteiger partial charge in [0.05, 0.1) is 23.3 Å². The predicted molar refractivity (Wildman–Crippen MR) is 136 cm³/mol. The summed E-state index contributed by atoms with van der Waals surface area (Å²) in [5.41, 5.74) is -2.68. The molecule has 1 fully saturated rings. The van der Waals surface area contributed by atoms with Crippen molar-refractivity contribution in [1.29, 1.82) is 0 Å². The monoisotopic (exact) mass is 518 g/mol. The second kappa shape index (κ2) is 10.0. The third-order valence-corrected chi connectivity index (χ3v) is 6.80. The van der Waals surface area contributed by atoms with E-state index in [1.165, 1.54) is 12.1 Å². The summed E-state index contributed by atoms with van der Waals surface area (Å²) in [6.07, 6.45) is 1.14. The van der Waals surface area contributed by atoms with Crippen LogP contribution in [-0.2, 0) is 5.92 Å². The van der Waals surface area contributed by atoms with Crippen molar-refractivity contribution in [1.82, 2.24) is 19.9 Å². The maximum Gasteiger partial charge on any atom is 0.303 e. The quantitative estimate of drug-likeness (QED) is 0.432. The minimum Gasteiger partial charge on any atom is -0.384 e. The number of hydrogen-bond acceptors (Lipinski definition) is 8. The molecule has 0 spiro atoms. The molecule has 3 N–H and O–H groups in total. The lowest BCUT2D eigenvalue weighted by Gasteiger charge is -2.36. The Kier molecular flexibility index (Phi) is 7.33. The number of aromatic nitrogens is 3. The Morgan fingerprint density at radius 2 is 1.76 bits per heavy atom. The molecule has 200 valence electrons. The number of halogens is 3. The fourth-order valence-electron chi connectivity index (χ4n) is 4.48. The van der Waals surface area contributed by atoms with Crippen LogP contribution in [0.4, 0.5) is 24.8 Å². The van der Waals surface area contributed by atoms with Gasteiger partial charge in [0.1, 0.15) is 35.1 Å². The average molecular weight is 519 g/mol. The normalized spacial score (nSPS) is 17.2. The van der Waals surface area contributed by atoms with Crippen LogP contribution in [0.3, 0.4) is 0 Å². The number of aliphatic hydroxyl groups is 2. The van der Waals surface area contributed by atoms with Crippen molar-refractivity contribution in [2.45, 2.75) is 58.4 Å². The van der Waals surface area contributed by atoms with E-state index in [9.17, 15) is 19.0 Å². The predicted octanol–water partition coefficient (Wildman–Crippen LogP) is 3.97. The molecule has 3 aromatic rings. The number of nitrogens with zero attached hydrogens (tertiary/aromatic N) is 5. The molecule has 1 saturated heterocycles. The second-order valence-electron chi connectivity index (χ2n) is 10.0. The van der Waals surface area contributed by atoms with Gasteiger partial charge in [-0.15, -0.1) is 0 Å². The van der Waals surface area contributed by atoms with Gasteiger partial charge in [0.2, 0.25) is 0 Å². The number of fused-ring (bicyclic) bond motifs is 1. The number of aryl methyl sites for hydroxylation is 1. The summed E-state index contributed by atoms with van der Waals surface area (Å²) in [6.45, 7) is 9.77. The van der Waals surface area contributed by atoms with Crippen LogP contribution in [0.2, 0.25) is 0 Å². The van der Waals surface area contributed by atoms with E-state index in [1.54, 1.807) is 27.0 Å². The molecule has 1 unspecified atom stereocenters. The van der Waals surface area contributed by atoms with Gasteiger partial charge in [-0.2, -0.15) is 8.78 Å². The zero-order valence-electron chi connectivity index (χ0n) is 21.6. The van der Waals surface area contributed by atoms with Crippen molar-refractivity contribution >= 4 is 22.5 Å². The number of alkyl halides is 2. The number of nitrogens with one attached hydrogen (secondary N) is 1. The van der Waals surface area contributed by atoms with E-state index in [0.29, 0.717) is 48.7 Å². The Bertz CT molecular complexity index is 1270. The van der Waals surface area contributed by atoms with Gasteiger partial charge in [0.25, 0.3) is 0 Å². The summed E-state index contributed by atoms with van der Waals surface area (Å²) in [5.74, 6) is -3.24. The zero-order chi connectivity index (χ0) is 27.1. The van der Waals surface area contributed by atoms with Crippen LogP contribution in [0.5, 0.6) is 0 Å². The van der Waals surface area contributed by atoms with Crippen LogP contribution in [0.15, 0.2) is 30.5 Å². The standard InChI is InChI=1S/C26H33F3N6O2/c1-15(18-7-6-8-20(23(18)27)26(28,29)25(4,5)37)31-24-19-13-22(30-14-21(19)32-16(2)33-24)35-11-9-34(10-12-35)17(3)36/h6-8,13-15,17,36-37H,9-12H2,1-5H3,(H,31,32,33)/t15-,17?/m1/s1. The topological polar surface area (TPSA) is 97.6 Å². The first-order valence-electron chi connectivity index (χ1n) is 12.3. The van der Waals surface area contributed by atoms with Crippen LogP contribution < -0.4 is 10.2 Å². The third-order valence-electron chi connectivity index (χ3n) is 6.80. The van der Waals surface area contributed by atoms with Crippen LogP contribution in [-0.4, -0.2) is 68.1 Å². The number of benzene rings is 1. The Morgan fingerprint density at radius 3 is 2.38 bits per heavy atom. The highest BCUT2D eigenvalue weighted by atomic mass is 19.3. The van der Waals surface area contributed by atoms with E-state index in [0.717, 1.165) is 25.7 Å². The van der Waals surface area contributed by atoms with Gasteiger partial charge in [-0.05, 0) is 46.8 Å². The molecule has 4 rings (SSSR count). The number of aliphatic hydroxyl groups excluding tert-OH is 1. The highest BCUT2D eigenvalue weighted by molar-refractivity contribution is 5.90. The summed E-state index contributed by atoms with van der Waals surface area (Å²) in [7, 11) is 0.